The Labute approximate surface area is 91.7 Å². The van der Waals surface area contributed by atoms with Crippen molar-refractivity contribution in [3.63, 3.8) is 0 Å². The first kappa shape index (κ1) is 14.1. The van der Waals surface area contributed by atoms with Crippen molar-refractivity contribution in [2.45, 2.75) is 30.8 Å². The number of rotatable bonds is 5. The van der Waals surface area contributed by atoms with Gasteiger partial charge in [-0.2, -0.15) is 26.3 Å². The number of halogens is 6. The summed E-state index contributed by atoms with van der Waals surface area (Å²) in [7, 11) is 0. The number of carbonyl (C=O) groups is 1. The van der Waals surface area contributed by atoms with Crippen molar-refractivity contribution in [2.24, 2.45) is 0 Å². The molecule has 1 aliphatic rings. The Balaban J connectivity index is 2.73. The average molecular weight is 266 g/mol. The number of hydrogen-bond acceptors (Lipinski definition) is 3. The molecule has 0 aliphatic carbocycles. The Kier molecular flexibility index (Phi) is 3.34. The van der Waals surface area contributed by atoms with E-state index in [4.69, 9.17) is 0 Å². The molecule has 9 heteroatoms. The number of hydrogen-bond donors (Lipinski definition) is 0. The number of alkyl halides is 6. The molecular formula is C8H8F6O3. The molecule has 0 saturated carbocycles. The Morgan fingerprint density at radius 1 is 1.29 bits per heavy atom. The predicted octanol–water partition coefficient (Wildman–Crippen LogP) is 1.85. The molecule has 0 radical (unpaired) electrons. The molecule has 1 atom stereocenters. The van der Waals surface area contributed by atoms with E-state index in [9.17, 15) is 31.1 Å². The van der Waals surface area contributed by atoms with Crippen LogP contribution in [0.3, 0.4) is 0 Å². The van der Waals surface area contributed by atoms with Crippen LogP contribution in [-0.4, -0.2) is 43.1 Å². The van der Waals surface area contributed by atoms with E-state index in [0.29, 0.717) is 0 Å². The number of ether oxygens (including phenoxy) is 2. The van der Waals surface area contributed by atoms with Crippen LogP contribution in [-0.2, 0) is 14.3 Å². The molecule has 0 aromatic rings. The van der Waals surface area contributed by atoms with E-state index in [1.165, 1.54) is 0 Å². The summed E-state index contributed by atoms with van der Waals surface area (Å²) in [5.74, 6) is -19.2. The molecule has 100 valence electrons. The number of epoxide rings is 1. The molecular weight excluding hydrogens is 258 g/mol. The van der Waals surface area contributed by atoms with E-state index in [1.807, 2.05) is 0 Å². The minimum absolute atomic E-state index is 0.138. The van der Waals surface area contributed by atoms with Crippen LogP contribution in [0.5, 0.6) is 0 Å². The molecule has 1 heterocycles. The third kappa shape index (κ3) is 2.64. The third-order valence-electron chi connectivity index (χ3n) is 2.00. The summed E-state index contributed by atoms with van der Waals surface area (Å²) in [6, 6.07) is 0. The molecule has 1 aliphatic heterocycles. The first-order chi connectivity index (χ1) is 7.50. The Morgan fingerprint density at radius 2 is 1.76 bits per heavy atom. The van der Waals surface area contributed by atoms with Crippen molar-refractivity contribution in [2.75, 3.05) is 13.2 Å². The first-order valence-corrected chi connectivity index (χ1v) is 4.42. The topological polar surface area (TPSA) is 38.8 Å². The van der Waals surface area contributed by atoms with E-state index in [-0.39, 0.29) is 6.61 Å². The van der Waals surface area contributed by atoms with E-state index in [1.54, 1.807) is 0 Å². The molecule has 0 spiro atoms. The lowest BCUT2D eigenvalue weighted by Crippen LogP contribution is -2.57. The average Bonchev–Trinajstić information content (AvgIpc) is 2.95. The summed E-state index contributed by atoms with van der Waals surface area (Å²) < 4.78 is 83.8. The second-order valence-corrected chi connectivity index (χ2v) is 3.59. The Bertz CT molecular complexity index is 307. The summed E-state index contributed by atoms with van der Waals surface area (Å²) >= 11 is 0. The van der Waals surface area contributed by atoms with Gasteiger partial charge in [0.15, 0.2) is 0 Å². The van der Waals surface area contributed by atoms with Gasteiger partial charge in [0.05, 0.1) is 6.61 Å². The lowest BCUT2D eigenvalue weighted by atomic mass is 10.1. The summed E-state index contributed by atoms with van der Waals surface area (Å²) in [6.45, 7) is -0.933. The predicted molar refractivity (Wildman–Crippen MR) is 41.2 cm³/mol. The van der Waals surface area contributed by atoms with E-state index >= 15 is 0 Å². The van der Waals surface area contributed by atoms with Gasteiger partial charge in [0, 0.05) is 6.92 Å². The van der Waals surface area contributed by atoms with Crippen LogP contribution in [0.2, 0.25) is 0 Å². The molecule has 3 nitrogen and oxygen atoms in total. The zero-order valence-corrected chi connectivity index (χ0v) is 8.48. The quantitative estimate of drug-likeness (QED) is 0.433. The zero-order chi connectivity index (χ0) is 13.5. The van der Waals surface area contributed by atoms with Crippen molar-refractivity contribution in [1.82, 2.24) is 0 Å². The summed E-state index contributed by atoms with van der Waals surface area (Å²) in [4.78, 5) is 10.6. The highest BCUT2D eigenvalue weighted by atomic mass is 19.3. The molecule has 1 unspecified atom stereocenters. The van der Waals surface area contributed by atoms with Crippen LogP contribution < -0.4 is 0 Å². The smallest absolute Gasteiger partial charge is 0.410 e. The lowest BCUT2D eigenvalue weighted by Gasteiger charge is -2.28. The minimum Gasteiger partial charge on any atom is -0.458 e. The molecule has 1 rings (SSSR count). The van der Waals surface area contributed by atoms with Gasteiger partial charge in [0.25, 0.3) is 0 Å². The Morgan fingerprint density at radius 3 is 2.12 bits per heavy atom. The summed E-state index contributed by atoms with van der Waals surface area (Å²) in [6.07, 6.45) is -0.634. The van der Waals surface area contributed by atoms with Crippen LogP contribution in [0, 0.1) is 0 Å². The van der Waals surface area contributed by atoms with E-state index < -0.39 is 43.4 Å². The van der Waals surface area contributed by atoms with Crippen molar-refractivity contribution in [3.05, 3.63) is 0 Å². The summed E-state index contributed by atoms with van der Waals surface area (Å²) in [5, 5.41) is 0. The van der Waals surface area contributed by atoms with Crippen LogP contribution in [0.4, 0.5) is 26.3 Å². The van der Waals surface area contributed by atoms with Gasteiger partial charge in [-0.15, -0.1) is 0 Å². The van der Waals surface area contributed by atoms with E-state index in [2.05, 4.69) is 9.47 Å². The standard InChI is InChI=1S/C8H8F6O3/c1-6(9,10)8(13,14)7(11,12)5(15)17-3-4-2-16-4/h4H,2-3H2,1H3. The maximum Gasteiger partial charge on any atom is 0.410 e. The minimum atomic E-state index is -5.82. The van der Waals surface area contributed by atoms with Gasteiger partial charge in [-0.1, -0.05) is 0 Å². The van der Waals surface area contributed by atoms with Crippen LogP contribution >= 0.6 is 0 Å². The van der Waals surface area contributed by atoms with Gasteiger partial charge in [-0.05, 0) is 0 Å². The molecule has 1 fully saturated rings. The lowest BCUT2D eigenvalue weighted by molar-refractivity contribution is -0.299. The fourth-order valence-corrected chi connectivity index (χ4v) is 0.827. The van der Waals surface area contributed by atoms with Crippen molar-refractivity contribution < 1.29 is 40.6 Å². The molecule has 0 N–H and O–H groups in total. The molecule has 1 saturated heterocycles. The highest BCUT2D eigenvalue weighted by molar-refractivity contribution is 5.79. The molecule has 0 aromatic heterocycles. The second kappa shape index (κ2) is 4.04. The fourth-order valence-electron chi connectivity index (χ4n) is 0.827. The van der Waals surface area contributed by atoms with Gasteiger partial charge >= 0.3 is 23.7 Å². The maximum absolute atomic E-state index is 12.8. The Hall–Kier alpha value is -0.990. The van der Waals surface area contributed by atoms with Crippen LogP contribution in [0.1, 0.15) is 6.92 Å². The SMILES string of the molecule is CC(F)(F)C(F)(F)C(F)(F)C(=O)OCC1CO1. The van der Waals surface area contributed by atoms with Gasteiger partial charge in [0.1, 0.15) is 12.7 Å². The summed E-state index contributed by atoms with van der Waals surface area (Å²) in [5.41, 5.74) is 0. The van der Waals surface area contributed by atoms with Crippen LogP contribution in [0.15, 0.2) is 0 Å². The zero-order valence-electron chi connectivity index (χ0n) is 8.48. The highest BCUT2D eigenvalue weighted by Gasteiger charge is 2.74. The largest absolute Gasteiger partial charge is 0.458 e. The number of esters is 1. The van der Waals surface area contributed by atoms with Crippen molar-refractivity contribution in [1.29, 1.82) is 0 Å². The van der Waals surface area contributed by atoms with Gasteiger partial charge in [-0.3, -0.25) is 0 Å². The third-order valence-corrected chi connectivity index (χ3v) is 2.00. The van der Waals surface area contributed by atoms with Crippen molar-refractivity contribution in [3.8, 4) is 0 Å². The number of carbonyl (C=O) groups excluding carboxylic acids is 1. The van der Waals surface area contributed by atoms with Crippen molar-refractivity contribution >= 4 is 5.97 Å². The van der Waals surface area contributed by atoms with Crippen LogP contribution in [0.25, 0.3) is 0 Å². The molecule has 0 bridgehead atoms. The fraction of sp³-hybridized carbons (Fsp3) is 0.875. The molecule has 17 heavy (non-hydrogen) atoms. The maximum atomic E-state index is 12.8. The highest BCUT2D eigenvalue weighted by Crippen LogP contribution is 2.45. The monoisotopic (exact) mass is 266 g/mol. The normalized spacial score (nSPS) is 21.2. The van der Waals surface area contributed by atoms with Gasteiger partial charge < -0.3 is 9.47 Å². The van der Waals surface area contributed by atoms with Gasteiger partial charge in [-0.25, -0.2) is 4.79 Å². The molecule has 0 amide bonds. The first-order valence-electron chi connectivity index (χ1n) is 4.42. The second-order valence-electron chi connectivity index (χ2n) is 3.59. The van der Waals surface area contributed by atoms with Gasteiger partial charge in [0.2, 0.25) is 0 Å². The van der Waals surface area contributed by atoms with E-state index in [0.717, 1.165) is 0 Å². The molecule has 0 aromatic carbocycles.